The number of rotatable bonds is 3. The zero-order valence-electron chi connectivity index (χ0n) is 18.8. The second-order valence-corrected chi connectivity index (χ2v) is 11.1. The molecular formula is C26H25Cl2N5S. The van der Waals surface area contributed by atoms with Crippen molar-refractivity contribution < 1.29 is 0 Å². The number of fused-ring (bicyclic) bond motifs is 2. The molecule has 1 atom stereocenters. The summed E-state index contributed by atoms with van der Waals surface area (Å²) in [6.07, 6.45) is 6.99. The number of aromatic nitrogens is 3. The molecule has 5 nitrogen and oxygen atoms in total. The van der Waals surface area contributed by atoms with Crippen molar-refractivity contribution in [1.82, 2.24) is 14.4 Å². The van der Waals surface area contributed by atoms with Gasteiger partial charge in [-0.15, -0.1) is 0 Å². The molecule has 174 valence electrons. The van der Waals surface area contributed by atoms with Gasteiger partial charge in [0, 0.05) is 36.4 Å². The molecule has 0 radical (unpaired) electrons. The number of anilines is 1. The number of hydrogen-bond donors (Lipinski definition) is 1. The van der Waals surface area contributed by atoms with Gasteiger partial charge < -0.3 is 10.6 Å². The molecule has 1 aliphatic carbocycles. The molecular weight excluding hydrogens is 485 g/mol. The first-order valence-electron chi connectivity index (χ1n) is 11.5. The first kappa shape index (κ1) is 22.2. The summed E-state index contributed by atoms with van der Waals surface area (Å²) in [5.74, 6) is 0.936. The van der Waals surface area contributed by atoms with Gasteiger partial charge in [-0.3, -0.25) is 4.40 Å². The molecule has 4 aromatic rings. The number of aryl methyl sites for hydroxylation is 1. The smallest absolute Gasteiger partial charge is 0.211 e. The monoisotopic (exact) mass is 509 g/mol. The minimum absolute atomic E-state index is 0.107. The topological polar surface area (TPSA) is 59.5 Å². The van der Waals surface area contributed by atoms with Crippen LogP contribution in [0.5, 0.6) is 0 Å². The normalized spacial score (nSPS) is 19.2. The second-order valence-electron chi connectivity index (χ2n) is 9.30. The average Bonchev–Trinajstić information content (AvgIpc) is 3.43. The summed E-state index contributed by atoms with van der Waals surface area (Å²) < 4.78 is 2.09. The summed E-state index contributed by atoms with van der Waals surface area (Å²) in [5.41, 5.74) is 11.5. The van der Waals surface area contributed by atoms with Gasteiger partial charge in [0.05, 0.1) is 20.6 Å². The van der Waals surface area contributed by atoms with Gasteiger partial charge in [0.25, 0.3) is 0 Å². The van der Waals surface area contributed by atoms with E-state index in [0.717, 1.165) is 59.4 Å². The zero-order chi connectivity index (χ0) is 23.4. The van der Waals surface area contributed by atoms with Crippen molar-refractivity contribution in [2.45, 2.75) is 42.0 Å². The standard InChI is InChI=1S/C26H25Cl2N5S/c1-16-22(34-20-8-4-7-19(27)21(20)28)24-30-11-14-33(24)25(31-16)32-12-9-26(10-13-32)15-17-5-2-3-6-18(17)23(26)29/h2-8,11,14,23H,9-10,12-13,15,29H2,1H3. The van der Waals surface area contributed by atoms with Crippen molar-refractivity contribution >= 4 is 46.6 Å². The van der Waals surface area contributed by atoms with Gasteiger partial charge in [0.2, 0.25) is 5.95 Å². The van der Waals surface area contributed by atoms with Crippen molar-refractivity contribution in [2.75, 3.05) is 18.0 Å². The molecule has 34 heavy (non-hydrogen) atoms. The third-order valence-electron chi connectivity index (χ3n) is 7.42. The van der Waals surface area contributed by atoms with Gasteiger partial charge in [-0.25, -0.2) is 9.97 Å². The van der Waals surface area contributed by atoms with Crippen LogP contribution in [0.3, 0.4) is 0 Å². The second kappa shape index (κ2) is 8.45. The Labute approximate surface area is 213 Å². The van der Waals surface area contributed by atoms with Crippen LogP contribution >= 0.6 is 35.0 Å². The highest BCUT2D eigenvalue weighted by atomic mass is 35.5. The largest absolute Gasteiger partial charge is 0.342 e. The quantitative estimate of drug-likeness (QED) is 0.349. The molecule has 1 fully saturated rings. The van der Waals surface area contributed by atoms with Crippen LogP contribution < -0.4 is 10.6 Å². The van der Waals surface area contributed by atoms with Crippen molar-refractivity contribution in [2.24, 2.45) is 11.1 Å². The number of benzene rings is 2. The van der Waals surface area contributed by atoms with E-state index < -0.39 is 0 Å². The molecule has 0 saturated carbocycles. The molecule has 2 aromatic carbocycles. The van der Waals surface area contributed by atoms with Crippen LogP contribution in [0, 0.1) is 12.3 Å². The van der Waals surface area contributed by atoms with Gasteiger partial charge >= 0.3 is 0 Å². The molecule has 2 aliphatic rings. The maximum atomic E-state index is 6.78. The first-order chi connectivity index (χ1) is 16.5. The van der Waals surface area contributed by atoms with Crippen LogP contribution in [0.1, 0.15) is 35.7 Å². The summed E-state index contributed by atoms with van der Waals surface area (Å²) in [6.45, 7) is 3.88. The summed E-state index contributed by atoms with van der Waals surface area (Å²) >= 11 is 14.3. The van der Waals surface area contributed by atoms with Gasteiger partial charge in [-0.1, -0.05) is 65.3 Å². The van der Waals surface area contributed by atoms with Crippen LogP contribution in [0.15, 0.2) is 64.6 Å². The van der Waals surface area contributed by atoms with Crippen LogP contribution in [-0.2, 0) is 6.42 Å². The molecule has 1 unspecified atom stereocenters. The predicted octanol–water partition coefficient (Wildman–Crippen LogP) is 6.34. The molecule has 1 saturated heterocycles. The Kier molecular flexibility index (Phi) is 5.52. The minimum atomic E-state index is 0.107. The highest BCUT2D eigenvalue weighted by Crippen LogP contribution is 2.51. The average molecular weight is 510 g/mol. The molecule has 1 spiro atoms. The Morgan fingerprint density at radius 2 is 1.88 bits per heavy atom. The molecule has 2 aromatic heterocycles. The molecule has 0 amide bonds. The lowest BCUT2D eigenvalue weighted by Crippen LogP contribution is -2.45. The van der Waals surface area contributed by atoms with Crippen molar-refractivity contribution in [3.05, 3.63) is 81.7 Å². The Balaban J connectivity index is 1.29. The van der Waals surface area contributed by atoms with E-state index >= 15 is 0 Å². The third-order valence-corrected chi connectivity index (χ3v) is 9.59. The summed E-state index contributed by atoms with van der Waals surface area (Å²) in [5, 5.41) is 1.10. The lowest BCUT2D eigenvalue weighted by molar-refractivity contribution is 0.186. The van der Waals surface area contributed by atoms with Gasteiger partial charge in [-0.2, -0.15) is 0 Å². The number of hydrogen-bond acceptors (Lipinski definition) is 5. The SMILES string of the molecule is Cc1nc(N2CCC3(CC2)Cc2ccccc2C3N)n2ccnc2c1Sc1cccc(Cl)c1Cl. The van der Waals surface area contributed by atoms with E-state index in [1.54, 1.807) is 17.8 Å². The lowest BCUT2D eigenvalue weighted by atomic mass is 9.73. The van der Waals surface area contributed by atoms with E-state index in [9.17, 15) is 0 Å². The maximum Gasteiger partial charge on any atom is 0.211 e. The molecule has 0 bridgehead atoms. The van der Waals surface area contributed by atoms with E-state index in [4.69, 9.17) is 33.9 Å². The maximum absolute atomic E-state index is 6.78. The van der Waals surface area contributed by atoms with Gasteiger partial charge in [0.1, 0.15) is 0 Å². The van der Waals surface area contributed by atoms with Crippen LogP contribution in [0.25, 0.3) is 5.65 Å². The van der Waals surface area contributed by atoms with E-state index in [2.05, 4.69) is 38.6 Å². The Morgan fingerprint density at radius 3 is 2.68 bits per heavy atom. The van der Waals surface area contributed by atoms with E-state index in [1.165, 1.54) is 11.1 Å². The molecule has 3 heterocycles. The zero-order valence-corrected chi connectivity index (χ0v) is 21.2. The predicted molar refractivity (Wildman–Crippen MR) is 139 cm³/mol. The fraction of sp³-hybridized carbons (Fsp3) is 0.308. The van der Waals surface area contributed by atoms with E-state index in [1.807, 2.05) is 31.5 Å². The Morgan fingerprint density at radius 1 is 1.09 bits per heavy atom. The van der Waals surface area contributed by atoms with E-state index in [-0.39, 0.29) is 11.5 Å². The first-order valence-corrected chi connectivity index (χ1v) is 13.1. The highest BCUT2D eigenvalue weighted by molar-refractivity contribution is 7.99. The lowest BCUT2D eigenvalue weighted by Gasteiger charge is -2.42. The Hall–Kier alpha value is -2.25. The minimum Gasteiger partial charge on any atom is -0.342 e. The van der Waals surface area contributed by atoms with Crippen LogP contribution in [0.2, 0.25) is 10.0 Å². The fourth-order valence-corrected chi connectivity index (χ4v) is 7.00. The number of nitrogens with zero attached hydrogens (tertiary/aromatic N) is 4. The van der Waals surface area contributed by atoms with Crippen molar-refractivity contribution in [1.29, 1.82) is 0 Å². The molecule has 6 rings (SSSR count). The van der Waals surface area contributed by atoms with Crippen molar-refractivity contribution in [3.63, 3.8) is 0 Å². The molecule has 2 N–H and O–H groups in total. The number of imidazole rings is 1. The molecule has 1 aliphatic heterocycles. The molecule has 8 heteroatoms. The summed E-state index contributed by atoms with van der Waals surface area (Å²) in [6, 6.07) is 14.4. The van der Waals surface area contributed by atoms with Gasteiger partial charge in [0.15, 0.2) is 5.65 Å². The summed E-state index contributed by atoms with van der Waals surface area (Å²) in [7, 11) is 0. The van der Waals surface area contributed by atoms with Gasteiger partial charge in [-0.05, 0) is 54.9 Å². The Bertz CT molecular complexity index is 1390. The number of nitrogens with two attached hydrogens (primary N) is 1. The number of halogens is 2. The third kappa shape index (κ3) is 3.51. The van der Waals surface area contributed by atoms with Crippen LogP contribution in [-0.4, -0.2) is 27.5 Å². The highest BCUT2D eigenvalue weighted by Gasteiger charge is 2.46. The van der Waals surface area contributed by atoms with Crippen molar-refractivity contribution in [3.8, 4) is 0 Å². The van der Waals surface area contributed by atoms with E-state index in [0.29, 0.717) is 10.0 Å². The van der Waals surface area contributed by atoms with Crippen LogP contribution in [0.4, 0.5) is 5.95 Å². The summed E-state index contributed by atoms with van der Waals surface area (Å²) in [4.78, 5) is 14.0. The fourth-order valence-electron chi connectivity index (χ4n) is 5.52. The number of piperidine rings is 1.